The summed E-state index contributed by atoms with van der Waals surface area (Å²) in [7, 11) is 0. The lowest BCUT2D eigenvalue weighted by atomic mass is 9.95. The molecule has 0 aromatic carbocycles. The van der Waals surface area contributed by atoms with Crippen LogP contribution < -0.4 is 5.32 Å². The molecule has 20 heavy (non-hydrogen) atoms. The first-order valence-electron chi connectivity index (χ1n) is 7.42. The maximum Gasteiger partial charge on any atom is 0.238 e. The Kier molecular flexibility index (Phi) is 4.48. The number of rotatable bonds is 4. The van der Waals surface area contributed by atoms with Gasteiger partial charge in [0.15, 0.2) is 0 Å². The van der Waals surface area contributed by atoms with Crippen LogP contribution in [0.15, 0.2) is 12.7 Å². The summed E-state index contributed by atoms with van der Waals surface area (Å²) in [5, 5.41) is 3.35. The molecule has 2 aliphatic heterocycles. The number of nitrogens with zero attached hydrogens (tertiary/aromatic N) is 2. The number of hydrogen-bond donors (Lipinski definition) is 1. The van der Waals surface area contributed by atoms with Crippen LogP contribution in [0, 0.1) is 5.92 Å². The minimum absolute atomic E-state index is 0.131. The summed E-state index contributed by atoms with van der Waals surface area (Å²) in [6.07, 6.45) is 3.98. The second kappa shape index (κ2) is 5.95. The smallest absolute Gasteiger partial charge is 0.238 e. The molecule has 2 heterocycles. The molecule has 1 spiro atoms. The van der Waals surface area contributed by atoms with Gasteiger partial charge in [-0.1, -0.05) is 19.9 Å². The lowest BCUT2D eigenvalue weighted by Crippen LogP contribution is -2.59. The van der Waals surface area contributed by atoms with Crippen LogP contribution in [0.3, 0.4) is 0 Å². The van der Waals surface area contributed by atoms with Crippen LogP contribution in [0.25, 0.3) is 0 Å². The third-order valence-electron chi connectivity index (χ3n) is 4.22. The second-order valence-electron chi connectivity index (χ2n) is 6.16. The number of hydrogen-bond acceptors (Lipinski definition) is 3. The maximum atomic E-state index is 12.1. The highest BCUT2D eigenvalue weighted by atomic mass is 16.2. The Morgan fingerprint density at radius 2 is 2.10 bits per heavy atom. The Morgan fingerprint density at radius 1 is 1.45 bits per heavy atom. The minimum Gasteiger partial charge on any atom is -0.342 e. The van der Waals surface area contributed by atoms with Gasteiger partial charge in [0.05, 0.1) is 12.2 Å². The first-order valence-corrected chi connectivity index (χ1v) is 7.42. The van der Waals surface area contributed by atoms with Crippen molar-refractivity contribution in [2.45, 2.75) is 38.8 Å². The molecule has 0 aliphatic carbocycles. The molecule has 0 radical (unpaired) electrons. The van der Waals surface area contributed by atoms with Gasteiger partial charge in [0.2, 0.25) is 11.8 Å². The number of carbonyl (C=O) groups excluding carboxylic acids is 2. The Morgan fingerprint density at radius 3 is 2.65 bits per heavy atom. The lowest BCUT2D eigenvalue weighted by Gasteiger charge is -2.44. The van der Waals surface area contributed by atoms with Crippen molar-refractivity contribution in [1.29, 1.82) is 0 Å². The number of likely N-dealkylation sites (tertiary alicyclic amines) is 1. The zero-order valence-corrected chi connectivity index (χ0v) is 12.5. The van der Waals surface area contributed by atoms with Gasteiger partial charge in [0.25, 0.3) is 0 Å². The fourth-order valence-corrected chi connectivity index (χ4v) is 3.13. The lowest BCUT2D eigenvalue weighted by molar-refractivity contribution is -0.136. The molecule has 0 saturated carbocycles. The van der Waals surface area contributed by atoms with Gasteiger partial charge in [-0.2, -0.15) is 0 Å². The first-order chi connectivity index (χ1) is 9.48. The zero-order chi connectivity index (χ0) is 14.8. The van der Waals surface area contributed by atoms with Crippen molar-refractivity contribution in [3.05, 3.63) is 12.7 Å². The van der Waals surface area contributed by atoms with Crippen LogP contribution in [0.2, 0.25) is 0 Å². The molecular formula is C15H25N3O2. The Hall–Kier alpha value is -1.36. The van der Waals surface area contributed by atoms with E-state index in [0.29, 0.717) is 25.4 Å². The molecule has 0 aromatic heterocycles. The SMILES string of the molecule is C=CCN1C(=O)CNC12CCN(C(=O)CC(C)C)CC2. The van der Waals surface area contributed by atoms with Crippen molar-refractivity contribution < 1.29 is 9.59 Å². The number of carbonyl (C=O) groups is 2. The molecule has 2 fully saturated rings. The van der Waals surface area contributed by atoms with E-state index < -0.39 is 0 Å². The molecule has 0 bridgehead atoms. The van der Waals surface area contributed by atoms with Gasteiger partial charge in [-0.3, -0.25) is 14.9 Å². The van der Waals surface area contributed by atoms with E-state index in [4.69, 9.17) is 0 Å². The highest BCUT2D eigenvalue weighted by Crippen LogP contribution is 2.30. The molecule has 112 valence electrons. The standard InChI is InChI=1S/C15H25N3O2/c1-4-7-18-14(20)11-16-15(18)5-8-17(9-6-15)13(19)10-12(2)3/h4,12,16H,1,5-11H2,2-3H3. The molecule has 0 unspecified atom stereocenters. The van der Waals surface area contributed by atoms with Crippen molar-refractivity contribution in [2.24, 2.45) is 5.92 Å². The van der Waals surface area contributed by atoms with E-state index in [1.165, 1.54) is 0 Å². The largest absolute Gasteiger partial charge is 0.342 e. The van der Waals surface area contributed by atoms with Gasteiger partial charge in [-0.25, -0.2) is 0 Å². The fourth-order valence-electron chi connectivity index (χ4n) is 3.13. The summed E-state index contributed by atoms with van der Waals surface area (Å²) < 4.78 is 0. The van der Waals surface area contributed by atoms with Crippen molar-refractivity contribution >= 4 is 11.8 Å². The average Bonchev–Trinajstić information content (AvgIpc) is 2.69. The summed E-state index contributed by atoms with van der Waals surface area (Å²) in [4.78, 5) is 27.8. The van der Waals surface area contributed by atoms with E-state index >= 15 is 0 Å². The Bertz CT molecular complexity index is 398. The molecule has 2 rings (SSSR count). The van der Waals surface area contributed by atoms with Gasteiger partial charge >= 0.3 is 0 Å². The van der Waals surface area contributed by atoms with Crippen molar-refractivity contribution in [2.75, 3.05) is 26.2 Å². The maximum absolute atomic E-state index is 12.1. The van der Waals surface area contributed by atoms with E-state index in [-0.39, 0.29) is 17.5 Å². The summed E-state index contributed by atoms with van der Waals surface area (Å²) >= 11 is 0. The Balaban J connectivity index is 1.97. The number of amides is 2. The van der Waals surface area contributed by atoms with Gasteiger partial charge < -0.3 is 9.80 Å². The van der Waals surface area contributed by atoms with Crippen molar-refractivity contribution in [1.82, 2.24) is 15.1 Å². The van der Waals surface area contributed by atoms with Gasteiger partial charge in [-0.05, 0) is 5.92 Å². The molecule has 0 atom stereocenters. The molecule has 5 nitrogen and oxygen atoms in total. The highest BCUT2D eigenvalue weighted by Gasteiger charge is 2.46. The predicted molar refractivity (Wildman–Crippen MR) is 77.9 cm³/mol. The third-order valence-corrected chi connectivity index (χ3v) is 4.22. The van der Waals surface area contributed by atoms with Gasteiger partial charge in [0.1, 0.15) is 0 Å². The van der Waals surface area contributed by atoms with E-state index in [9.17, 15) is 9.59 Å². The summed E-state index contributed by atoms with van der Waals surface area (Å²) in [6, 6.07) is 0. The summed E-state index contributed by atoms with van der Waals surface area (Å²) in [6.45, 7) is 10.3. The van der Waals surface area contributed by atoms with E-state index in [0.717, 1.165) is 25.9 Å². The predicted octanol–water partition coefficient (Wildman–Crippen LogP) is 0.969. The number of nitrogens with one attached hydrogen (secondary N) is 1. The molecule has 2 amide bonds. The van der Waals surface area contributed by atoms with Crippen LogP contribution in [0.1, 0.15) is 33.1 Å². The number of piperidine rings is 1. The molecule has 2 saturated heterocycles. The normalized spacial score (nSPS) is 21.9. The highest BCUT2D eigenvalue weighted by molar-refractivity contribution is 5.82. The molecule has 1 N–H and O–H groups in total. The van der Waals surface area contributed by atoms with Crippen LogP contribution in [0.5, 0.6) is 0 Å². The van der Waals surface area contributed by atoms with Crippen molar-refractivity contribution in [3.63, 3.8) is 0 Å². The minimum atomic E-state index is -0.264. The monoisotopic (exact) mass is 279 g/mol. The van der Waals surface area contributed by atoms with Crippen molar-refractivity contribution in [3.8, 4) is 0 Å². The third kappa shape index (κ3) is 2.87. The summed E-state index contributed by atoms with van der Waals surface area (Å²) in [5.74, 6) is 0.753. The summed E-state index contributed by atoms with van der Waals surface area (Å²) in [5.41, 5.74) is -0.264. The molecule has 0 aromatic rings. The first kappa shape index (κ1) is 15.0. The topological polar surface area (TPSA) is 52.7 Å². The zero-order valence-electron chi connectivity index (χ0n) is 12.5. The van der Waals surface area contributed by atoms with Crippen LogP contribution in [-0.2, 0) is 9.59 Å². The fraction of sp³-hybridized carbons (Fsp3) is 0.733. The second-order valence-corrected chi connectivity index (χ2v) is 6.16. The van der Waals surface area contributed by atoms with Crippen LogP contribution >= 0.6 is 0 Å². The molecular weight excluding hydrogens is 254 g/mol. The molecule has 2 aliphatic rings. The Labute approximate surface area is 121 Å². The van der Waals surface area contributed by atoms with Crippen LogP contribution in [0.4, 0.5) is 0 Å². The van der Waals surface area contributed by atoms with E-state index in [1.54, 1.807) is 6.08 Å². The average molecular weight is 279 g/mol. The van der Waals surface area contributed by atoms with Gasteiger partial charge in [0, 0.05) is 38.9 Å². The van der Waals surface area contributed by atoms with E-state index in [1.807, 2.05) is 9.80 Å². The van der Waals surface area contributed by atoms with Crippen LogP contribution in [-0.4, -0.2) is 53.5 Å². The molecule has 5 heteroatoms. The quantitative estimate of drug-likeness (QED) is 0.780. The van der Waals surface area contributed by atoms with Gasteiger partial charge in [-0.15, -0.1) is 6.58 Å². The van der Waals surface area contributed by atoms with E-state index in [2.05, 4.69) is 25.7 Å².